The third kappa shape index (κ3) is 1.45. The fraction of sp³-hybridized carbons (Fsp3) is 0.143. The monoisotopic (exact) mass is 165 g/mol. The van der Waals surface area contributed by atoms with E-state index in [0.29, 0.717) is 12.4 Å². The normalized spacial score (nSPS) is 10.0. The first kappa shape index (κ1) is 6.90. The van der Waals surface area contributed by atoms with Gasteiger partial charge in [-0.05, 0) is 0 Å². The van der Waals surface area contributed by atoms with Crippen molar-refractivity contribution in [3.63, 3.8) is 0 Å². The fourth-order valence-electron chi connectivity index (χ4n) is 0.814. The molecule has 2 aromatic rings. The number of nitrogens with zero attached hydrogens (tertiary/aromatic N) is 2. The molecule has 12 heavy (non-hydrogen) atoms. The SMILES string of the molecule is c1cc(CNc2ccon2)no1. The summed E-state index contributed by atoms with van der Waals surface area (Å²) < 4.78 is 9.28. The zero-order chi connectivity index (χ0) is 8.23. The van der Waals surface area contributed by atoms with Gasteiger partial charge in [0.25, 0.3) is 0 Å². The van der Waals surface area contributed by atoms with Crippen molar-refractivity contribution in [3.8, 4) is 0 Å². The van der Waals surface area contributed by atoms with Crippen molar-refractivity contribution in [1.82, 2.24) is 10.3 Å². The van der Waals surface area contributed by atoms with E-state index >= 15 is 0 Å². The lowest BCUT2D eigenvalue weighted by Crippen LogP contribution is -1.99. The van der Waals surface area contributed by atoms with Gasteiger partial charge in [0.2, 0.25) is 0 Å². The summed E-state index contributed by atoms with van der Waals surface area (Å²) in [7, 11) is 0. The van der Waals surface area contributed by atoms with Gasteiger partial charge in [0.05, 0.1) is 6.54 Å². The van der Waals surface area contributed by atoms with E-state index in [2.05, 4.69) is 24.7 Å². The van der Waals surface area contributed by atoms with Crippen LogP contribution in [0.4, 0.5) is 5.82 Å². The molecule has 5 nitrogen and oxygen atoms in total. The van der Waals surface area contributed by atoms with Crippen LogP contribution < -0.4 is 5.32 Å². The van der Waals surface area contributed by atoms with Crippen molar-refractivity contribution in [2.75, 3.05) is 5.32 Å². The van der Waals surface area contributed by atoms with Crippen molar-refractivity contribution in [2.24, 2.45) is 0 Å². The first-order valence-corrected chi connectivity index (χ1v) is 3.48. The van der Waals surface area contributed by atoms with Crippen LogP contribution in [0.2, 0.25) is 0 Å². The topological polar surface area (TPSA) is 64.1 Å². The van der Waals surface area contributed by atoms with Gasteiger partial charge < -0.3 is 14.4 Å². The maximum atomic E-state index is 4.65. The van der Waals surface area contributed by atoms with E-state index in [0.717, 1.165) is 5.69 Å². The van der Waals surface area contributed by atoms with E-state index in [1.54, 1.807) is 12.1 Å². The van der Waals surface area contributed by atoms with Crippen LogP contribution in [0.1, 0.15) is 5.69 Å². The molecule has 0 aliphatic heterocycles. The molecular formula is C7H7N3O2. The Morgan fingerprint density at radius 1 is 1.17 bits per heavy atom. The predicted octanol–water partition coefficient (Wildman–Crippen LogP) is 1.27. The average molecular weight is 165 g/mol. The number of hydrogen-bond donors (Lipinski definition) is 1. The van der Waals surface area contributed by atoms with Gasteiger partial charge in [-0.15, -0.1) is 0 Å². The van der Waals surface area contributed by atoms with Crippen molar-refractivity contribution < 1.29 is 9.05 Å². The highest BCUT2D eigenvalue weighted by Gasteiger charge is 1.97. The van der Waals surface area contributed by atoms with Crippen molar-refractivity contribution >= 4 is 5.82 Å². The van der Waals surface area contributed by atoms with Gasteiger partial charge in [-0.2, -0.15) is 0 Å². The summed E-state index contributed by atoms with van der Waals surface area (Å²) in [6.07, 6.45) is 3.03. The quantitative estimate of drug-likeness (QED) is 0.742. The largest absolute Gasteiger partial charge is 0.364 e. The van der Waals surface area contributed by atoms with Crippen LogP contribution in [0.5, 0.6) is 0 Å². The molecule has 0 saturated heterocycles. The summed E-state index contributed by atoms with van der Waals surface area (Å²) >= 11 is 0. The zero-order valence-corrected chi connectivity index (χ0v) is 6.23. The molecule has 5 heteroatoms. The first-order chi connectivity index (χ1) is 5.95. The Balaban J connectivity index is 1.91. The Hall–Kier alpha value is -1.78. The number of nitrogens with one attached hydrogen (secondary N) is 1. The van der Waals surface area contributed by atoms with E-state index in [1.807, 2.05) is 0 Å². The molecule has 0 saturated carbocycles. The first-order valence-electron chi connectivity index (χ1n) is 3.48. The van der Waals surface area contributed by atoms with Gasteiger partial charge in [-0.25, -0.2) is 0 Å². The second kappa shape index (κ2) is 3.08. The fourth-order valence-corrected chi connectivity index (χ4v) is 0.814. The molecule has 2 rings (SSSR count). The summed E-state index contributed by atoms with van der Waals surface area (Å²) in [5.74, 6) is 0.693. The van der Waals surface area contributed by atoms with Gasteiger partial charge in [0.15, 0.2) is 5.82 Å². The highest BCUT2D eigenvalue weighted by Crippen LogP contribution is 2.03. The second-order valence-electron chi connectivity index (χ2n) is 2.23. The molecule has 0 aliphatic carbocycles. The van der Waals surface area contributed by atoms with Crippen LogP contribution in [0, 0.1) is 0 Å². The third-order valence-corrected chi connectivity index (χ3v) is 1.38. The van der Waals surface area contributed by atoms with E-state index in [-0.39, 0.29) is 0 Å². The van der Waals surface area contributed by atoms with Gasteiger partial charge in [-0.1, -0.05) is 10.3 Å². The van der Waals surface area contributed by atoms with Crippen LogP contribution in [-0.2, 0) is 6.54 Å². The van der Waals surface area contributed by atoms with Crippen molar-refractivity contribution in [3.05, 3.63) is 30.4 Å². The molecular weight excluding hydrogens is 158 g/mol. The lowest BCUT2D eigenvalue weighted by Gasteiger charge is -1.95. The van der Waals surface area contributed by atoms with Crippen molar-refractivity contribution in [1.29, 1.82) is 0 Å². The molecule has 0 radical (unpaired) electrons. The van der Waals surface area contributed by atoms with Crippen LogP contribution >= 0.6 is 0 Å². The van der Waals surface area contributed by atoms with E-state index < -0.39 is 0 Å². The minimum Gasteiger partial charge on any atom is -0.364 e. The molecule has 0 atom stereocenters. The van der Waals surface area contributed by atoms with Crippen molar-refractivity contribution in [2.45, 2.75) is 6.54 Å². The standard InChI is InChI=1S/C7H7N3O2/c1-3-11-9-6(1)5-8-7-2-4-12-10-7/h1-4H,5H2,(H,8,10). The number of aromatic nitrogens is 2. The van der Waals surface area contributed by atoms with Crippen LogP contribution in [0.3, 0.4) is 0 Å². The van der Waals surface area contributed by atoms with Gasteiger partial charge >= 0.3 is 0 Å². The van der Waals surface area contributed by atoms with Gasteiger partial charge in [-0.3, -0.25) is 0 Å². The molecule has 0 amide bonds. The molecule has 0 aromatic carbocycles. The zero-order valence-electron chi connectivity index (χ0n) is 6.23. The minimum atomic E-state index is 0.586. The highest BCUT2D eigenvalue weighted by molar-refractivity contribution is 5.30. The van der Waals surface area contributed by atoms with Crippen LogP contribution in [-0.4, -0.2) is 10.3 Å². The molecule has 62 valence electrons. The minimum absolute atomic E-state index is 0.586. The van der Waals surface area contributed by atoms with Crippen LogP contribution in [0.15, 0.2) is 33.7 Å². The third-order valence-electron chi connectivity index (χ3n) is 1.38. The van der Waals surface area contributed by atoms with E-state index in [9.17, 15) is 0 Å². The number of rotatable bonds is 3. The van der Waals surface area contributed by atoms with E-state index in [1.165, 1.54) is 12.5 Å². The molecule has 0 bridgehead atoms. The average Bonchev–Trinajstić information content (AvgIpc) is 2.74. The summed E-state index contributed by atoms with van der Waals surface area (Å²) in [5.41, 5.74) is 0.831. The van der Waals surface area contributed by atoms with Crippen LogP contribution in [0.25, 0.3) is 0 Å². The highest BCUT2D eigenvalue weighted by atomic mass is 16.5. The molecule has 0 fully saturated rings. The maximum absolute atomic E-state index is 4.65. The summed E-state index contributed by atoms with van der Waals surface area (Å²) in [6, 6.07) is 3.52. The Morgan fingerprint density at radius 2 is 2.00 bits per heavy atom. The van der Waals surface area contributed by atoms with E-state index in [4.69, 9.17) is 0 Å². The molecule has 0 unspecified atom stereocenters. The number of hydrogen-bond acceptors (Lipinski definition) is 5. The van der Waals surface area contributed by atoms with Gasteiger partial charge in [0.1, 0.15) is 18.2 Å². The predicted molar refractivity (Wildman–Crippen MR) is 40.3 cm³/mol. The Morgan fingerprint density at radius 3 is 2.67 bits per heavy atom. The smallest absolute Gasteiger partial charge is 0.169 e. The van der Waals surface area contributed by atoms with Gasteiger partial charge in [0, 0.05) is 12.1 Å². The summed E-state index contributed by atoms with van der Waals surface area (Å²) in [5, 5.41) is 10.4. The maximum Gasteiger partial charge on any atom is 0.169 e. The molecule has 2 aromatic heterocycles. The number of anilines is 1. The Kier molecular flexibility index (Phi) is 1.77. The molecule has 2 heterocycles. The second-order valence-corrected chi connectivity index (χ2v) is 2.23. The Bertz CT molecular complexity index is 280. The summed E-state index contributed by atoms with van der Waals surface area (Å²) in [4.78, 5) is 0. The summed E-state index contributed by atoms with van der Waals surface area (Å²) in [6.45, 7) is 0.586. The lowest BCUT2D eigenvalue weighted by atomic mass is 10.4. The Labute approximate surface area is 68.3 Å². The molecule has 1 N–H and O–H groups in total. The molecule has 0 spiro atoms. The molecule has 0 aliphatic rings. The lowest BCUT2D eigenvalue weighted by molar-refractivity contribution is 0.411.